The molecule has 2 bridgehead atoms. The Balaban J connectivity index is 1.29. The standard InChI is InChI=1S/C34H44FNO8/c1-17(2)11-19-5-8-22-21-9-10-24-23-14-42-16-34(24,25(21)12-27(37)30(22)29(19)32(38)39)13-28(44-33(40)41)31(23)43-15-26(36)18-3-6-20(35)7-4-18/h3-4,6-7,12,17,19,21-24,26,28-31H,5,8-11,13-16,36H2,1-2H3,(H,38,39)(H,40,41)/t19?,21?,22?,23?,24?,26?,28-,29-,30?,31-,34+/m1/s1. The van der Waals surface area contributed by atoms with Crippen LogP contribution in [0.5, 0.6) is 0 Å². The second-order valence-electron chi connectivity index (χ2n) is 14.2. The van der Waals surface area contributed by atoms with E-state index in [0.29, 0.717) is 31.1 Å². The lowest BCUT2D eigenvalue weighted by Crippen LogP contribution is -2.64. The molecule has 0 radical (unpaired) electrons. The zero-order valence-corrected chi connectivity index (χ0v) is 25.4. The predicted octanol–water partition coefficient (Wildman–Crippen LogP) is 5.24. The second kappa shape index (κ2) is 12.2. The molecular weight excluding hydrogens is 569 g/mol. The summed E-state index contributed by atoms with van der Waals surface area (Å²) in [7, 11) is 0. The molecule has 240 valence electrons. The van der Waals surface area contributed by atoms with Gasteiger partial charge >= 0.3 is 12.1 Å². The number of benzene rings is 1. The highest BCUT2D eigenvalue weighted by Crippen LogP contribution is 2.64. The Kier molecular flexibility index (Phi) is 8.63. The van der Waals surface area contributed by atoms with E-state index in [1.54, 1.807) is 18.2 Å². The number of allylic oxidation sites excluding steroid dienone is 1. The number of carbonyl (C=O) groups excluding carboxylic acids is 1. The van der Waals surface area contributed by atoms with Gasteiger partial charge in [0.15, 0.2) is 5.78 Å². The molecule has 4 N–H and O–H groups in total. The van der Waals surface area contributed by atoms with Crippen molar-refractivity contribution in [1.29, 1.82) is 0 Å². The lowest BCUT2D eigenvalue weighted by molar-refractivity contribution is -0.218. The number of hydrogen-bond donors (Lipinski definition) is 3. The number of ketones is 1. The summed E-state index contributed by atoms with van der Waals surface area (Å²) in [5.74, 6) is -2.34. The number of nitrogens with two attached hydrogens (primary N) is 1. The minimum absolute atomic E-state index is 0.0215. The number of carboxylic acids is 1. The van der Waals surface area contributed by atoms with Gasteiger partial charge in [-0.25, -0.2) is 9.18 Å². The highest BCUT2D eigenvalue weighted by Gasteiger charge is 2.64. The summed E-state index contributed by atoms with van der Waals surface area (Å²) in [6.07, 6.45) is 3.35. The van der Waals surface area contributed by atoms with Crippen LogP contribution >= 0.6 is 0 Å². The van der Waals surface area contributed by atoms with Crippen LogP contribution < -0.4 is 5.73 Å². The molecule has 44 heavy (non-hydrogen) atoms. The number of halogens is 1. The maximum atomic E-state index is 14.0. The molecule has 7 unspecified atom stereocenters. The van der Waals surface area contributed by atoms with Crippen molar-refractivity contribution in [3.8, 4) is 0 Å². The number of hydrogen-bond acceptors (Lipinski definition) is 7. The summed E-state index contributed by atoms with van der Waals surface area (Å²) >= 11 is 0. The summed E-state index contributed by atoms with van der Waals surface area (Å²) in [6, 6.07) is 5.35. The predicted molar refractivity (Wildman–Crippen MR) is 157 cm³/mol. The zero-order chi connectivity index (χ0) is 31.3. The van der Waals surface area contributed by atoms with Gasteiger partial charge in [-0.05, 0) is 91.9 Å². The van der Waals surface area contributed by atoms with Gasteiger partial charge in [0.1, 0.15) is 11.9 Å². The van der Waals surface area contributed by atoms with Crippen molar-refractivity contribution in [3.05, 3.63) is 47.3 Å². The molecule has 1 aromatic rings. The highest BCUT2D eigenvalue weighted by molar-refractivity contribution is 5.97. The summed E-state index contributed by atoms with van der Waals surface area (Å²) in [5.41, 5.74) is 7.49. The Hall–Kier alpha value is -2.82. The number of ether oxygens (including phenoxy) is 3. The molecule has 6 rings (SSSR count). The molecular formula is C34H44FNO8. The van der Waals surface area contributed by atoms with Crippen molar-refractivity contribution in [2.24, 2.45) is 58.5 Å². The third-order valence-corrected chi connectivity index (χ3v) is 11.5. The van der Waals surface area contributed by atoms with Crippen LogP contribution in [0.2, 0.25) is 0 Å². The van der Waals surface area contributed by atoms with Crippen LogP contribution in [-0.2, 0) is 23.8 Å². The Labute approximate surface area is 257 Å². The number of carbonyl (C=O) groups is 3. The SMILES string of the molecule is CC(C)CC1CCC2C3CCC4C5COC[C@]4(C[C@@H](OC(=O)O)[C@@H]5OCC(N)c4ccc(F)cc4)C3=CC(=O)C2[C@@H]1C(=O)O. The molecule has 5 aliphatic rings. The van der Waals surface area contributed by atoms with E-state index in [1.165, 1.54) is 12.1 Å². The van der Waals surface area contributed by atoms with E-state index >= 15 is 0 Å². The van der Waals surface area contributed by atoms with E-state index in [2.05, 4.69) is 13.8 Å². The molecule has 3 saturated carbocycles. The minimum atomic E-state index is -1.39. The van der Waals surface area contributed by atoms with E-state index in [0.717, 1.165) is 37.7 Å². The molecule has 11 atom stereocenters. The van der Waals surface area contributed by atoms with Gasteiger partial charge in [0.25, 0.3) is 0 Å². The van der Waals surface area contributed by atoms with Crippen molar-refractivity contribution >= 4 is 17.9 Å². The van der Waals surface area contributed by atoms with Crippen LogP contribution in [0.15, 0.2) is 35.9 Å². The smallest absolute Gasteiger partial charge is 0.481 e. The van der Waals surface area contributed by atoms with Gasteiger partial charge in [-0.15, -0.1) is 0 Å². The minimum Gasteiger partial charge on any atom is -0.481 e. The van der Waals surface area contributed by atoms with Gasteiger partial charge in [0.05, 0.1) is 37.9 Å². The van der Waals surface area contributed by atoms with E-state index in [9.17, 15) is 29.0 Å². The van der Waals surface area contributed by atoms with Crippen molar-refractivity contribution in [3.63, 3.8) is 0 Å². The van der Waals surface area contributed by atoms with Crippen molar-refractivity contribution in [2.45, 2.75) is 70.6 Å². The fraction of sp³-hybridized carbons (Fsp3) is 0.676. The summed E-state index contributed by atoms with van der Waals surface area (Å²) < 4.78 is 31.5. The van der Waals surface area contributed by atoms with Crippen molar-refractivity contribution in [2.75, 3.05) is 19.8 Å². The van der Waals surface area contributed by atoms with E-state index in [4.69, 9.17) is 19.9 Å². The Morgan fingerprint density at radius 2 is 1.86 bits per heavy atom. The van der Waals surface area contributed by atoms with Gasteiger partial charge in [0.2, 0.25) is 0 Å². The molecule has 1 saturated heterocycles. The highest BCUT2D eigenvalue weighted by atomic mass is 19.1. The normalized spacial score (nSPS) is 38.5. The quantitative estimate of drug-likeness (QED) is 0.335. The molecule has 0 amide bonds. The lowest BCUT2D eigenvalue weighted by Gasteiger charge is -2.62. The maximum Gasteiger partial charge on any atom is 0.506 e. The third-order valence-electron chi connectivity index (χ3n) is 11.5. The zero-order valence-electron chi connectivity index (χ0n) is 25.4. The molecule has 1 aliphatic heterocycles. The molecule has 10 heteroatoms. The average Bonchev–Trinajstić information content (AvgIpc) is 2.96. The molecule has 1 heterocycles. The van der Waals surface area contributed by atoms with Crippen molar-refractivity contribution < 1.29 is 43.2 Å². The van der Waals surface area contributed by atoms with E-state index in [1.807, 2.05) is 0 Å². The fourth-order valence-corrected chi connectivity index (χ4v) is 9.91. The van der Waals surface area contributed by atoms with Crippen LogP contribution in [0.25, 0.3) is 0 Å². The van der Waals surface area contributed by atoms with E-state index < -0.39 is 47.6 Å². The largest absolute Gasteiger partial charge is 0.506 e. The fourth-order valence-electron chi connectivity index (χ4n) is 9.91. The first-order valence-electron chi connectivity index (χ1n) is 16.1. The van der Waals surface area contributed by atoms with Crippen molar-refractivity contribution in [1.82, 2.24) is 0 Å². The van der Waals surface area contributed by atoms with Crippen LogP contribution in [-0.4, -0.2) is 60.1 Å². The Bertz CT molecular complexity index is 1300. The number of rotatable bonds is 8. The van der Waals surface area contributed by atoms with Crippen LogP contribution in [0.3, 0.4) is 0 Å². The second-order valence-corrected chi connectivity index (χ2v) is 14.2. The van der Waals surface area contributed by atoms with E-state index in [-0.39, 0.29) is 47.8 Å². The summed E-state index contributed by atoms with van der Waals surface area (Å²) in [4.78, 5) is 38.5. The maximum absolute atomic E-state index is 14.0. The number of carboxylic acid groups (broad SMARTS) is 2. The first-order valence-corrected chi connectivity index (χ1v) is 16.1. The third kappa shape index (κ3) is 5.47. The number of aliphatic carboxylic acids is 1. The number of fused-ring (bicyclic) bond motifs is 3. The summed E-state index contributed by atoms with van der Waals surface area (Å²) in [5, 5.41) is 20.0. The van der Waals surface area contributed by atoms with Gasteiger partial charge in [-0.3, -0.25) is 9.59 Å². The summed E-state index contributed by atoms with van der Waals surface area (Å²) in [6.45, 7) is 5.02. The van der Waals surface area contributed by atoms with Crippen LogP contribution in [0.4, 0.5) is 9.18 Å². The van der Waals surface area contributed by atoms with Gasteiger partial charge in [0, 0.05) is 17.3 Å². The Morgan fingerprint density at radius 1 is 1.11 bits per heavy atom. The topological polar surface area (TPSA) is 145 Å². The van der Waals surface area contributed by atoms with Crippen LogP contribution in [0, 0.1) is 58.6 Å². The monoisotopic (exact) mass is 613 g/mol. The van der Waals surface area contributed by atoms with Gasteiger partial charge < -0.3 is 30.2 Å². The first-order chi connectivity index (χ1) is 21.0. The molecule has 0 aromatic heterocycles. The lowest BCUT2D eigenvalue weighted by atomic mass is 9.45. The molecule has 1 aromatic carbocycles. The van der Waals surface area contributed by atoms with Crippen LogP contribution in [0.1, 0.15) is 64.0 Å². The molecule has 4 aliphatic carbocycles. The molecule has 4 fully saturated rings. The first kappa shape index (κ1) is 31.2. The average molecular weight is 614 g/mol. The molecule has 9 nitrogen and oxygen atoms in total. The van der Waals surface area contributed by atoms with Gasteiger partial charge in [-0.2, -0.15) is 0 Å². The van der Waals surface area contributed by atoms with Gasteiger partial charge in [-0.1, -0.05) is 31.6 Å². The molecule has 0 spiro atoms. The Morgan fingerprint density at radius 3 is 2.55 bits per heavy atom.